The molecule has 0 spiro atoms. The summed E-state index contributed by atoms with van der Waals surface area (Å²) in [4.78, 5) is 24.3. The largest absolute Gasteiger partial charge is 0.459 e. The van der Waals surface area contributed by atoms with Crippen LogP contribution in [0.15, 0.2) is 60.7 Å². The predicted octanol–water partition coefficient (Wildman–Crippen LogP) is 2.75. The van der Waals surface area contributed by atoms with Gasteiger partial charge in [0.2, 0.25) is 0 Å². The molecule has 0 aromatic heterocycles. The number of nitriles is 1. The lowest BCUT2D eigenvalue weighted by Gasteiger charge is -2.18. The Balaban J connectivity index is 1.62. The first-order valence-electron chi connectivity index (χ1n) is 8.20. The van der Waals surface area contributed by atoms with Gasteiger partial charge in [-0.05, 0) is 24.3 Å². The molecular weight excluding hydrogens is 334 g/mol. The lowest BCUT2D eigenvalue weighted by molar-refractivity contribution is -0.0350. The van der Waals surface area contributed by atoms with Gasteiger partial charge >= 0.3 is 11.9 Å². The highest BCUT2D eigenvalue weighted by Crippen LogP contribution is 2.24. The Kier molecular flexibility index (Phi) is 5.62. The second-order valence-electron chi connectivity index (χ2n) is 5.80. The summed E-state index contributed by atoms with van der Waals surface area (Å²) in [6, 6.07) is 19.1. The molecule has 132 valence electrons. The Morgan fingerprint density at radius 1 is 1.00 bits per heavy atom. The highest BCUT2D eigenvalue weighted by atomic mass is 16.6. The minimum atomic E-state index is -0.705. The van der Waals surface area contributed by atoms with Crippen molar-refractivity contribution in [2.75, 3.05) is 6.61 Å². The van der Waals surface area contributed by atoms with Gasteiger partial charge in [0.1, 0.15) is 24.9 Å². The van der Waals surface area contributed by atoms with Crippen molar-refractivity contribution in [2.24, 2.45) is 0 Å². The predicted molar refractivity (Wildman–Crippen MR) is 91.3 cm³/mol. The van der Waals surface area contributed by atoms with Gasteiger partial charge in [-0.1, -0.05) is 36.4 Å². The summed E-state index contributed by atoms with van der Waals surface area (Å²) >= 11 is 0. The molecule has 1 aliphatic heterocycles. The zero-order valence-electron chi connectivity index (χ0n) is 13.9. The van der Waals surface area contributed by atoms with Gasteiger partial charge < -0.3 is 14.2 Å². The van der Waals surface area contributed by atoms with Crippen LogP contribution in [0.25, 0.3) is 0 Å². The fourth-order valence-corrected chi connectivity index (χ4v) is 2.67. The summed E-state index contributed by atoms with van der Waals surface area (Å²) in [7, 11) is 0. The number of benzene rings is 2. The molecule has 2 aromatic rings. The van der Waals surface area contributed by atoms with Crippen LogP contribution in [0, 0.1) is 11.3 Å². The van der Waals surface area contributed by atoms with Gasteiger partial charge in [-0.25, -0.2) is 9.59 Å². The van der Waals surface area contributed by atoms with Gasteiger partial charge in [-0.15, -0.1) is 0 Å². The molecule has 3 unspecified atom stereocenters. The Morgan fingerprint density at radius 2 is 1.58 bits per heavy atom. The lowest BCUT2D eigenvalue weighted by atomic mass is 10.1. The van der Waals surface area contributed by atoms with E-state index in [1.165, 1.54) is 0 Å². The van der Waals surface area contributed by atoms with Crippen LogP contribution in [-0.4, -0.2) is 36.9 Å². The summed E-state index contributed by atoms with van der Waals surface area (Å²) in [6.45, 7) is -0.0986. The Hall–Kier alpha value is -3.17. The quantitative estimate of drug-likeness (QED) is 0.770. The number of nitrogens with zero attached hydrogens (tertiary/aromatic N) is 1. The first-order chi connectivity index (χ1) is 12.7. The normalized spacial score (nSPS) is 21.6. The van der Waals surface area contributed by atoms with Crippen molar-refractivity contribution in [2.45, 2.75) is 24.7 Å². The SMILES string of the molecule is N#CC1CC(OC(=O)c2ccccc2)C(COC(=O)c2ccccc2)O1. The molecule has 1 aliphatic rings. The molecule has 0 amide bonds. The van der Waals surface area contributed by atoms with Crippen molar-refractivity contribution in [3.05, 3.63) is 71.8 Å². The van der Waals surface area contributed by atoms with Crippen molar-refractivity contribution in [3.63, 3.8) is 0 Å². The van der Waals surface area contributed by atoms with Crippen LogP contribution in [0.1, 0.15) is 27.1 Å². The van der Waals surface area contributed by atoms with E-state index >= 15 is 0 Å². The number of rotatable bonds is 5. The van der Waals surface area contributed by atoms with Gasteiger partial charge in [0.25, 0.3) is 0 Å². The standard InChI is InChI=1S/C20H17NO5/c21-12-16-11-17(26-20(23)15-9-5-2-6-10-15)18(25-16)13-24-19(22)14-7-3-1-4-8-14/h1-10,16-18H,11,13H2. The summed E-state index contributed by atoms with van der Waals surface area (Å²) in [5, 5.41) is 9.08. The van der Waals surface area contributed by atoms with E-state index in [-0.39, 0.29) is 13.0 Å². The number of ether oxygens (including phenoxy) is 3. The van der Waals surface area contributed by atoms with Gasteiger partial charge in [0, 0.05) is 6.42 Å². The van der Waals surface area contributed by atoms with E-state index in [1.807, 2.05) is 6.07 Å². The van der Waals surface area contributed by atoms with E-state index in [4.69, 9.17) is 19.5 Å². The second-order valence-corrected chi connectivity index (χ2v) is 5.80. The van der Waals surface area contributed by atoms with Crippen LogP contribution in [0.2, 0.25) is 0 Å². The maximum Gasteiger partial charge on any atom is 0.338 e. The topological polar surface area (TPSA) is 85.6 Å². The first-order valence-corrected chi connectivity index (χ1v) is 8.20. The zero-order valence-corrected chi connectivity index (χ0v) is 13.9. The lowest BCUT2D eigenvalue weighted by Crippen LogP contribution is -2.32. The summed E-state index contributed by atoms with van der Waals surface area (Å²) in [5.74, 6) is -1.00. The van der Waals surface area contributed by atoms with Crippen molar-refractivity contribution >= 4 is 11.9 Å². The van der Waals surface area contributed by atoms with Gasteiger partial charge in [-0.3, -0.25) is 0 Å². The van der Waals surface area contributed by atoms with E-state index in [0.29, 0.717) is 11.1 Å². The van der Waals surface area contributed by atoms with E-state index in [0.717, 1.165) is 0 Å². The number of esters is 2. The van der Waals surface area contributed by atoms with E-state index < -0.39 is 30.3 Å². The first kappa shape index (κ1) is 17.6. The number of hydrogen-bond donors (Lipinski definition) is 0. The minimum Gasteiger partial charge on any atom is -0.459 e. The molecular formula is C20H17NO5. The van der Waals surface area contributed by atoms with Crippen LogP contribution in [0.4, 0.5) is 0 Å². The molecule has 6 heteroatoms. The number of hydrogen-bond acceptors (Lipinski definition) is 6. The van der Waals surface area contributed by atoms with Crippen LogP contribution in [0.5, 0.6) is 0 Å². The average molecular weight is 351 g/mol. The van der Waals surface area contributed by atoms with Crippen molar-refractivity contribution in [1.29, 1.82) is 5.26 Å². The fourth-order valence-electron chi connectivity index (χ4n) is 2.67. The van der Waals surface area contributed by atoms with Crippen LogP contribution >= 0.6 is 0 Å². The summed E-state index contributed by atoms with van der Waals surface area (Å²) in [6.07, 6.45) is -1.80. The fraction of sp³-hybridized carbons (Fsp3) is 0.250. The zero-order chi connectivity index (χ0) is 18.4. The van der Waals surface area contributed by atoms with Crippen molar-refractivity contribution < 1.29 is 23.8 Å². The third kappa shape index (κ3) is 4.26. The number of carbonyl (C=O) groups is 2. The molecule has 1 heterocycles. The highest BCUT2D eigenvalue weighted by molar-refractivity contribution is 5.90. The Bertz CT molecular complexity index is 800. The maximum absolute atomic E-state index is 12.2. The third-order valence-corrected chi connectivity index (χ3v) is 4.00. The molecule has 3 atom stereocenters. The molecule has 0 N–H and O–H groups in total. The minimum absolute atomic E-state index is 0.0986. The van der Waals surface area contributed by atoms with Gasteiger partial charge in [0.15, 0.2) is 0 Å². The molecule has 0 saturated carbocycles. The molecule has 1 fully saturated rings. The maximum atomic E-state index is 12.2. The highest BCUT2D eigenvalue weighted by Gasteiger charge is 2.39. The van der Waals surface area contributed by atoms with Gasteiger partial charge in [0.05, 0.1) is 17.2 Å². The monoisotopic (exact) mass is 351 g/mol. The Morgan fingerprint density at radius 3 is 2.15 bits per heavy atom. The summed E-state index contributed by atoms with van der Waals surface area (Å²) in [5.41, 5.74) is 0.827. The molecule has 0 aliphatic carbocycles. The number of carbonyl (C=O) groups excluding carboxylic acids is 2. The van der Waals surface area contributed by atoms with Crippen molar-refractivity contribution in [1.82, 2.24) is 0 Å². The molecule has 0 radical (unpaired) electrons. The summed E-state index contributed by atoms with van der Waals surface area (Å²) < 4.78 is 16.3. The molecule has 2 aromatic carbocycles. The molecule has 0 bridgehead atoms. The van der Waals surface area contributed by atoms with Crippen LogP contribution in [-0.2, 0) is 14.2 Å². The molecule has 26 heavy (non-hydrogen) atoms. The van der Waals surface area contributed by atoms with Gasteiger partial charge in [-0.2, -0.15) is 5.26 Å². The smallest absolute Gasteiger partial charge is 0.338 e. The third-order valence-electron chi connectivity index (χ3n) is 4.00. The molecule has 1 saturated heterocycles. The molecule has 6 nitrogen and oxygen atoms in total. The van der Waals surface area contributed by atoms with Crippen LogP contribution < -0.4 is 0 Å². The Labute approximate surface area is 150 Å². The van der Waals surface area contributed by atoms with E-state index in [9.17, 15) is 9.59 Å². The molecule has 3 rings (SSSR count). The van der Waals surface area contributed by atoms with Crippen molar-refractivity contribution in [3.8, 4) is 6.07 Å². The van der Waals surface area contributed by atoms with Crippen LogP contribution in [0.3, 0.4) is 0 Å². The van der Waals surface area contributed by atoms with E-state index in [2.05, 4.69) is 0 Å². The average Bonchev–Trinajstić information content (AvgIpc) is 3.09. The second kappa shape index (κ2) is 8.28. The van der Waals surface area contributed by atoms with E-state index in [1.54, 1.807) is 60.7 Å².